The molecule has 2 unspecified atom stereocenters. The summed E-state index contributed by atoms with van der Waals surface area (Å²) in [4.78, 5) is 11.4. The minimum absolute atomic E-state index is 0.400. The van der Waals surface area contributed by atoms with E-state index >= 15 is 0 Å². The van der Waals surface area contributed by atoms with Gasteiger partial charge in [-0.05, 0) is 26.3 Å². The SMILES string of the molecule is CNCc1cnc(N2CCOC3CCCC32)cn1. The van der Waals surface area contributed by atoms with Crippen LogP contribution in [0.5, 0.6) is 0 Å². The van der Waals surface area contributed by atoms with Crippen molar-refractivity contribution in [1.29, 1.82) is 0 Å². The van der Waals surface area contributed by atoms with E-state index < -0.39 is 0 Å². The minimum Gasteiger partial charge on any atom is -0.374 e. The maximum absolute atomic E-state index is 5.82. The second-order valence-corrected chi connectivity index (χ2v) is 5.00. The Morgan fingerprint density at radius 1 is 1.39 bits per heavy atom. The average Bonchev–Trinajstić information content (AvgIpc) is 2.88. The van der Waals surface area contributed by atoms with E-state index in [0.717, 1.165) is 31.2 Å². The monoisotopic (exact) mass is 248 g/mol. The molecule has 18 heavy (non-hydrogen) atoms. The number of aromatic nitrogens is 2. The standard InChI is InChI=1S/C13H20N4O/c1-14-7-10-8-16-13(9-15-10)17-5-6-18-12-4-2-3-11(12)17/h8-9,11-12,14H,2-7H2,1H3. The molecule has 1 saturated heterocycles. The van der Waals surface area contributed by atoms with Crippen molar-refractivity contribution in [3.05, 3.63) is 18.1 Å². The van der Waals surface area contributed by atoms with Crippen molar-refractivity contribution in [1.82, 2.24) is 15.3 Å². The van der Waals surface area contributed by atoms with Gasteiger partial charge in [-0.1, -0.05) is 0 Å². The molecule has 0 spiro atoms. The third-order valence-corrected chi connectivity index (χ3v) is 3.83. The molecule has 1 aliphatic heterocycles. The first-order valence-electron chi connectivity index (χ1n) is 6.72. The fourth-order valence-electron chi connectivity index (χ4n) is 2.98. The van der Waals surface area contributed by atoms with Crippen LogP contribution in [-0.2, 0) is 11.3 Å². The van der Waals surface area contributed by atoms with E-state index in [-0.39, 0.29) is 0 Å². The minimum atomic E-state index is 0.400. The normalized spacial score (nSPS) is 27.3. The molecule has 0 aromatic carbocycles. The van der Waals surface area contributed by atoms with E-state index in [1.807, 2.05) is 19.4 Å². The van der Waals surface area contributed by atoms with Crippen molar-refractivity contribution >= 4 is 5.82 Å². The lowest BCUT2D eigenvalue weighted by molar-refractivity contribution is 0.0253. The molecule has 0 amide bonds. The smallest absolute Gasteiger partial charge is 0.147 e. The van der Waals surface area contributed by atoms with Crippen LogP contribution in [0.4, 0.5) is 5.82 Å². The second kappa shape index (κ2) is 5.20. The topological polar surface area (TPSA) is 50.3 Å². The lowest BCUT2D eigenvalue weighted by atomic mass is 10.1. The number of hydrogen-bond donors (Lipinski definition) is 1. The summed E-state index contributed by atoms with van der Waals surface area (Å²) in [5.41, 5.74) is 0.984. The lowest BCUT2D eigenvalue weighted by Gasteiger charge is -2.38. The quantitative estimate of drug-likeness (QED) is 0.863. The molecule has 2 atom stereocenters. The lowest BCUT2D eigenvalue weighted by Crippen LogP contribution is -2.49. The zero-order chi connectivity index (χ0) is 12.4. The number of fused-ring (bicyclic) bond motifs is 1. The number of anilines is 1. The van der Waals surface area contributed by atoms with Crippen LogP contribution in [0.3, 0.4) is 0 Å². The highest BCUT2D eigenvalue weighted by Crippen LogP contribution is 2.31. The van der Waals surface area contributed by atoms with Crippen LogP contribution in [0, 0.1) is 0 Å². The number of nitrogens with zero attached hydrogens (tertiary/aromatic N) is 3. The maximum atomic E-state index is 5.82. The Balaban J connectivity index is 1.76. The zero-order valence-electron chi connectivity index (χ0n) is 10.8. The molecule has 1 aliphatic carbocycles. The third kappa shape index (κ3) is 2.20. The molecule has 5 heteroatoms. The molecular formula is C13H20N4O. The van der Waals surface area contributed by atoms with Crippen LogP contribution in [0.25, 0.3) is 0 Å². The van der Waals surface area contributed by atoms with Crippen molar-refractivity contribution in [2.75, 3.05) is 25.1 Å². The number of rotatable bonds is 3. The number of ether oxygens (including phenoxy) is 1. The molecule has 1 aromatic heterocycles. The first kappa shape index (κ1) is 11.9. The van der Waals surface area contributed by atoms with Crippen molar-refractivity contribution in [3.63, 3.8) is 0 Å². The Morgan fingerprint density at radius 2 is 2.33 bits per heavy atom. The summed E-state index contributed by atoms with van der Waals surface area (Å²) in [5.74, 6) is 0.995. The number of nitrogens with one attached hydrogen (secondary N) is 1. The molecule has 0 bridgehead atoms. The Kier molecular flexibility index (Phi) is 3.43. The molecule has 2 aliphatic rings. The average molecular weight is 248 g/mol. The van der Waals surface area contributed by atoms with Gasteiger partial charge in [0.1, 0.15) is 5.82 Å². The van der Waals surface area contributed by atoms with Crippen molar-refractivity contribution in [3.8, 4) is 0 Å². The largest absolute Gasteiger partial charge is 0.374 e. The van der Waals surface area contributed by atoms with Crippen LogP contribution >= 0.6 is 0 Å². The summed E-state index contributed by atoms with van der Waals surface area (Å²) >= 11 is 0. The van der Waals surface area contributed by atoms with E-state index in [1.165, 1.54) is 19.3 Å². The highest BCUT2D eigenvalue weighted by atomic mass is 16.5. The Labute approximate surface area is 108 Å². The van der Waals surface area contributed by atoms with Crippen molar-refractivity contribution in [2.24, 2.45) is 0 Å². The second-order valence-electron chi connectivity index (χ2n) is 5.00. The molecule has 2 heterocycles. The molecule has 1 aromatic rings. The van der Waals surface area contributed by atoms with Gasteiger partial charge in [0.05, 0.1) is 36.8 Å². The molecule has 3 rings (SSSR count). The molecule has 98 valence electrons. The fraction of sp³-hybridized carbons (Fsp3) is 0.692. The summed E-state index contributed by atoms with van der Waals surface area (Å²) < 4.78 is 5.82. The molecule has 2 fully saturated rings. The third-order valence-electron chi connectivity index (χ3n) is 3.83. The molecular weight excluding hydrogens is 228 g/mol. The zero-order valence-corrected chi connectivity index (χ0v) is 10.8. The first-order chi connectivity index (χ1) is 8.88. The van der Waals surface area contributed by atoms with Gasteiger partial charge < -0.3 is 15.0 Å². The van der Waals surface area contributed by atoms with Crippen LogP contribution < -0.4 is 10.2 Å². The number of hydrogen-bond acceptors (Lipinski definition) is 5. The van der Waals surface area contributed by atoms with Gasteiger partial charge in [0.25, 0.3) is 0 Å². The van der Waals surface area contributed by atoms with Gasteiger partial charge >= 0.3 is 0 Å². The highest BCUT2D eigenvalue weighted by Gasteiger charge is 2.36. The van der Waals surface area contributed by atoms with Crippen LogP contribution in [0.2, 0.25) is 0 Å². The van der Waals surface area contributed by atoms with Crippen molar-refractivity contribution < 1.29 is 4.74 Å². The van der Waals surface area contributed by atoms with E-state index in [4.69, 9.17) is 4.74 Å². The van der Waals surface area contributed by atoms with E-state index in [2.05, 4.69) is 20.2 Å². The highest BCUT2D eigenvalue weighted by molar-refractivity contribution is 5.39. The van der Waals surface area contributed by atoms with Crippen LogP contribution in [0.1, 0.15) is 25.0 Å². The Hall–Kier alpha value is -1.20. The van der Waals surface area contributed by atoms with Gasteiger partial charge in [-0.3, -0.25) is 4.98 Å². The summed E-state index contributed by atoms with van der Waals surface area (Å²) in [5, 5.41) is 3.08. The van der Waals surface area contributed by atoms with E-state index in [0.29, 0.717) is 12.1 Å². The summed E-state index contributed by atoms with van der Waals surface area (Å²) in [6.07, 6.45) is 7.82. The van der Waals surface area contributed by atoms with Gasteiger partial charge in [-0.2, -0.15) is 0 Å². The predicted molar refractivity (Wildman–Crippen MR) is 69.5 cm³/mol. The van der Waals surface area contributed by atoms with Crippen LogP contribution in [-0.4, -0.2) is 42.3 Å². The van der Waals surface area contributed by atoms with Gasteiger partial charge in [0.15, 0.2) is 0 Å². The first-order valence-corrected chi connectivity index (χ1v) is 6.72. The summed E-state index contributed by atoms with van der Waals surface area (Å²) in [6, 6.07) is 0.503. The maximum Gasteiger partial charge on any atom is 0.147 e. The summed E-state index contributed by atoms with van der Waals surface area (Å²) in [7, 11) is 1.92. The van der Waals surface area contributed by atoms with Crippen molar-refractivity contribution in [2.45, 2.75) is 38.0 Å². The van der Waals surface area contributed by atoms with Gasteiger partial charge in [0.2, 0.25) is 0 Å². The van der Waals surface area contributed by atoms with E-state index in [9.17, 15) is 0 Å². The Bertz CT molecular complexity index is 394. The molecule has 5 nitrogen and oxygen atoms in total. The van der Waals surface area contributed by atoms with Crippen LogP contribution in [0.15, 0.2) is 12.4 Å². The fourth-order valence-corrected chi connectivity index (χ4v) is 2.98. The molecule has 1 saturated carbocycles. The van der Waals surface area contributed by atoms with Gasteiger partial charge in [-0.25, -0.2) is 4.98 Å². The van der Waals surface area contributed by atoms with Gasteiger partial charge in [-0.15, -0.1) is 0 Å². The van der Waals surface area contributed by atoms with E-state index in [1.54, 1.807) is 0 Å². The molecule has 0 radical (unpaired) electrons. The van der Waals surface area contributed by atoms with Gasteiger partial charge in [0, 0.05) is 13.1 Å². The molecule has 1 N–H and O–H groups in total. The Morgan fingerprint density at radius 3 is 3.11 bits per heavy atom. The number of morpholine rings is 1. The summed E-state index contributed by atoms with van der Waals surface area (Å²) in [6.45, 7) is 2.50. The predicted octanol–water partition coefficient (Wildman–Crippen LogP) is 0.954.